The third-order valence-electron chi connectivity index (χ3n) is 5.97. The minimum absolute atomic E-state index is 0.0657. The van der Waals surface area contributed by atoms with Crippen molar-refractivity contribution in [1.82, 2.24) is 9.29 Å². The van der Waals surface area contributed by atoms with Gasteiger partial charge in [-0.25, -0.2) is 17.7 Å². The van der Waals surface area contributed by atoms with E-state index in [9.17, 15) is 39.6 Å². The number of thiazole rings is 1. The molecule has 1 aromatic heterocycles. The average Bonchev–Trinajstić information content (AvgIpc) is 3.33. The Balaban J connectivity index is 1.44. The maximum Gasteiger partial charge on any atom is 0.416 e. The predicted octanol–water partition coefficient (Wildman–Crippen LogP) is 6.15. The van der Waals surface area contributed by atoms with Crippen molar-refractivity contribution in [2.24, 2.45) is 0 Å². The van der Waals surface area contributed by atoms with Crippen molar-refractivity contribution in [2.45, 2.75) is 31.1 Å². The van der Waals surface area contributed by atoms with Gasteiger partial charge in [0.05, 0.1) is 10.6 Å². The quantitative estimate of drug-likeness (QED) is 0.357. The second-order valence-corrected chi connectivity index (χ2v) is 11.6. The van der Waals surface area contributed by atoms with Gasteiger partial charge in [-0.1, -0.05) is 30.3 Å². The van der Waals surface area contributed by atoms with Crippen LogP contribution in [0.2, 0.25) is 0 Å². The second-order valence-electron chi connectivity index (χ2n) is 8.69. The minimum atomic E-state index is -4.83. The van der Waals surface area contributed by atoms with Crippen molar-refractivity contribution in [3.8, 4) is 11.1 Å². The molecule has 1 fully saturated rings. The summed E-state index contributed by atoms with van der Waals surface area (Å²) in [6.07, 6.45) is -8.84. The summed E-state index contributed by atoms with van der Waals surface area (Å²) in [5.74, 6) is -2.72. The van der Waals surface area contributed by atoms with Crippen molar-refractivity contribution in [2.75, 3.05) is 24.2 Å². The SMILES string of the molecule is O=C(Nc1ccccc1-c1cccc(C(F)(F)F)c1)c1csc(C2CCN(S(=O)(=O)CC(F)(F)F)CC2)n1. The van der Waals surface area contributed by atoms with Crippen LogP contribution >= 0.6 is 11.3 Å². The number of aromatic nitrogens is 1. The molecular formula is C24H21F6N3O3S2. The van der Waals surface area contributed by atoms with E-state index in [1.54, 1.807) is 24.3 Å². The Morgan fingerprint density at radius 3 is 2.37 bits per heavy atom. The summed E-state index contributed by atoms with van der Waals surface area (Å²) < 4.78 is 102. The highest BCUT2D eigenvalue weighted by atomic mass is 32.2. The molecule has 6 nitrogen and oxygen atoms in total. The van der Waals surface area contributed by atoms with Crippen LogP contribution in [-0.2, 0) is 16.2 Å². The topological polar surface area (TPSA) is 79.4 Å². The van der Waals surface area contributed by atoms with E-state index in [2.05, 4.69) is 10.3 Å². The molecule has 0 unspecified atom stereocenters. The Morgan fingerprint density at radius 2 is 1.71 bits per heavy atom. The zero-order valence-electron chi connectivity index (χ0n) is 19.5. The van der Waals surface area contributed by atoms with Crippen molar-refractivity contribution >= 4 is 33.0 Å². The first-order chi connectivity index (χ1) is 17.7. The molecular weight excluding hydrogens is 556 g/mol. The lowest BCUT2D eigenvalue weighted by molar-refractivity contribution is -0.137. The average molecular weight is 578 g/mol. The van der Waals surface area contributed by atoms with Gasteiger partial charge in [-0.15, -0.1) is 11.3 Å². The number of carbonyl (C=O) groups is 1. The Bertz CT molecular complexity index is 1410. The van der Waals surface area contributed by atoms with E-state index >= 15 is 0 Å². The third-order valence-corrected chi connectivity index (χ3v) is 8.82. The third kappa shape index (κ3) is 6.72. The fraction of sp³-hybridized carbons (Fsp3) is 0.333. The van der Waals surface area contributed by atoms with Crippen LogP contribution in [0.25, 0.3) is 11.1 Å². The molecule has 14 heteroatoms. The van der Waals surface area contributed by atoms with Crippen LogP contribution < -0.4 is 5.32 Å². The highest BCUT2D eigenvalue weighted by Crippen LogP contribution is 2.35. The molecule has 0 atom stereocenters. The maximum atomic E-state index is 13.2. The summed E-state index contributed by atoms with van der Waals surface area (Å²) >= 11 is 1.17. The Labute approximate surface area is 218 Å². The molecule has 1 N–H and O–H groups in total. The van der Waals surface area contributed by atoms with Gasteiger partial charge >= 0.3 is 12.4 Å². The summed E-state index contributed by atoms with van der Waals surface area (Å²) in [7, 11) is -4.46. The van der Waals surface area contributed by atoms with Crippen LogP contribution in [-0.4, -0.2) is 48.6 Å². The first kappa shape index (κ1) is 28.0. The zero-order chi connectivity index (χ0) is 27.7. The van der Waals surface area contributed by atoms with E-state index in [1.807, 2.05) is 0 Å². The van der Waals surface area contributed by atoms with Gasteiger partial charge in [0.2, 0.25) is 10.0 Å². The molecule has 4 rings (SSSR count). The van der Waals surface area contributed by atoms with Crippen LogP contribution in [0.1, 0.15) is 39.8 Å². The molecule has 0 saturated carbocycles. The van der Waals surface area contributed by atoms with E-state index in [0.29, 0.717) is 10.6 Å². The number of alkyl halides is 6. The number of nitrogens with zero attached hydrogens (tertiary/aromatic N) is 2. The van der Waals surface area contributed by atoms with Gasteiger partial charge in [-0.05, 0) is 36.6 Å². The number of para-hydroxylation sites is 1. The van der Waals surface area contributed by atoms with Gasteiger partial charge in [-0.3, -0.25) is 4.79 Å². The van der Waals surface area contributed by atoms with Gasteiger partial charge in [0.25, 0.3) is 5.91 Å². The lowest BCUT2D eigenvalue weighted by Crippen LogP contribution is -2.42. The number of nitrogens with one attached hydrogen (secondary N) is 1. The van der Waals surface area contributed by atoms with E-state index in [4.69, 9.17) is 0 Å². The molecule has 38 heavy (non-hydrogen) atoms. The Kier molecular flexibility index (Phi) is 7.86. The van der Waals surface area contributed by atoms with Crippen LogP contribution in [0.3, 0.4) is 0 Å². The molecule has 3 aromatic rings. The number of carbonyl (C=O) groups excluding carboxylic acids is 1. The summed E-state index contributed by atoms with van der Waals surface area (Å²) in [5.41, 5.74) is 0.180. The number of halogens is 6. The molecule has 2 heterocycles. The largest absolute Gasteiger partial charge is 0.416 e. The number of anilines is 1. The highest BCUT2D eigenvalue weighted by Gasteiger charge is 2.40. The first-order valence-corrected chi connectivity index (χ1v) is 13.8. The predicted molar refractivity (Wildman–Crippen MR) is 130 cm³/mol. The van der Waals surface area contributed by atoms with Gasteiger partial charge in [-0.2, -0.15) is 26.3 Å². The fourth-order valence-electron chi connectivity index (χ4n) is 4.15. The normalized spacial score (nSPS) is 15.9. The van der Waals surface area contributed by atoms with Crippen molar-refractivity contribution < 1.29 is 39.6 Å². The van der Waals surface area contributed by atoms with Gasteiger partial charge in [0.1, 0.15) is 5.69 Å². The molecule has 1 saturated heterocycles. The van der Waals surface area contributed by atoms with E-state index in [1.165, 1.54) is 28.8 Å². The number of hydrogen-bond donors (Lipinski definition) is 1. The van der Waals surface area contributed by atoms with Crippen molar-refractivity contribution in [3.63, 3.8) is 0 Å². The number of piperidine rings is 1. The van der Waals surface area contributed by atoms with E-state index in [0.717, 1.165) is 16.4 Å². The molecule has 0 aliphatic carbocycles. The monoisotopic (exact) mass is 577 g/mol. The lowest BCUT2D eigenvalue weighted by Gasteiger charge is -2.30. The smallest absolute Gasteiger partial charge is 0.320 e. The molecule has 0 bridgehead atoms. The second kappa shape index (κ2) is 10.7. The zero-order valence-corrected chi connectivity index (χ0v) is 21.1. The number of hydrogen-bond acceptors (Lipinski definition) is 5. The Hall–Kier alpha value is -2.97. The van der Waals surface area contributed by atoms with E-state index in [-0.39, 0.29) is 48.8 Å². The molecule has 1 aliphatic heterocycles. The summed E-state index contributed by atoms with van der Waals surface area (Å²) in [4.78, 5) is 17.2. The van der Waals surface area contributed by atoms with Crippen molar-refractivity contribution in [1.29, 1.82) is 0 Å². The van der Waals surface area contributed by atoms with Crippen LogP contribution in [0, 0.1) is 0 Å². The summed E-state index contributed by atoms with van der Waals surface area (Å²) in [5, 5.41) is 4.73. The van der Waals surface area contributed by atoms with Crippen LogP contribution in [0.15, 0.2) is 53.9 Å². The maximum absolute atomic E-state index is 13.2. The molecule has 1 amide bonds. The minimum Gasteiger partial charge on any atom is -0.320 e. The molecule has 0 radical (unpaired) electrons. The number of sulfonamides is 1. The van der Waals surface area contributed by atoms with E-state index < -0.39 is 39.6 Å². The molecule has 2 aromatic carbocycles. The number of rotatable bonds is 6. The van der Waals surface area contributed by atoms with Crippen LogP contribution in [0.4, 0.5) is 32.0 Å². The standard InChI is InChI=1S/C24H21F6N3O3S2/c25-23(26,27)14-38(35,36)33-10-8-15(9-11-33)22-32-20(13-37-22)21(34)31-19-7-2-1-6-18(19)16-4-3-5-17(12-16)24(28,29)30/h1-7,12-13,15H,8-11,14H2,(H,31,34). The molecule has 204 valence electrons. The Morgan fingerprint density at radius 1 is 1.03 bits per heavy atom. The van der Waals surface area contributed by atoms with Gasteiger partial charge in [0.15, 0.2) is 5.75 Å². The highest BCUT2D eigenvalue weighted by molar-refractivity contribution is 7.89. The van der Waals surface area contributed by atoms with Crippen molar-refractivity contribution in [3.05, 3.63) is 70.2 Å². The lowest BCUT2D eigenvalue weighted by atomic mass is 9.99. The number of benzene rings is 2. The van der Waals surface area contributed by atoms with Gasteiger partial charge in [0, 0.05) is 35.6 Å². The summed E-state index contributed by atoms with van der Waals surface area (Å²) in [6, 6.07) is 11.1. The van der Waals surface area contributed by atoms with Gasteiger partial charge < -0.3 is 5.32 Å². The molecule has 0 spiro atoms. The fourth-order valence-corrected chi connectivity index (χ4v) is 6.49. The first-order valence-electron chi connectivity index (χ1n) is 11.3. The molecule has 1 aliphatic rings. The summed E-state index contributed by atoms with van der Waals surface area (Å²) in [6.45, 7) is -0.177. The number of amides is 1. The van der Waals surface area contributed by atoms with Crippen LogP contribution in [0.5, 0.6) is 0 Å².